The van der Waals surface area contributed by atoms with Gasteiger partial charge in [-0.25, -0.2) is 0 Å². The Morgan fingerprint density at radius 1 is 0.900 bits per heavy atom. The maximum absolute atomic E-state index is 13.5. The molecule has 3 aliphatic rings. The third-order valence-corrected chi connectivity index (χ3v) is 9.73. The molecule has 0 saturated heterocycles. The lowest BCUT2D eigenvalue weighted by molar-refractivity contribution is -0.128. The van der Waals surface area contributed by atoms with E-state index < -0.39 is 0 Å². The van der Waals surface area contributed by atoms with E-state index in [-0.39, 0.29) is 17.8 Å². The molecule has 0 N–H and O–H groups in total. The standard InChI is InChI=1S/C36H47NO3/c1-3-6-26-11-19-31(20-12-26)40-24-5-9-34(38)27-7-4-8-29(16-13-27)36(39)30-17-14-28(15-18-30)35-33-21-10-25(2)32(33)22-23-37-35/h11-12,19-23,27-30H,3-10,13-18,24H2,1-2H3. The number of hydrogen-bond donors (Lipinski definition) is 0. The molecule has 2 unspecified atom stereocenters. The van der Waals surface area contributed by atoms with E-state index in [1.807, 2.05) is 18.3 Å². The Kier molecular flexibility index (Phi) is 9.88. The fourth-order valence-corrected chi connectivity index (χ4v) is 7.34. The van der Waals surface area contributed by atoms with Crippen LogP contribution in [0.4, 0.5) is 0 Å². The number of carbonyl (C=O) groups excluding carboxylic acids is 2. The Morgan fingerprint density at radius 3 is 2.38 bits per heavy atom. The Balaban J connectivity index is 1.04. The van der Waals surface area contributed by atoms with Gasteiger partial charge in [0.25, 0.3) is 0 Å². The van der Waals surface area contributed by atoms with Crippen molar-refractivity contribution >= 4 is 23.2 Å². The Hall–Kier alpha value is -2.75. The van der Waals surface area contributed by atoms with Crippen molar-refractivity contribution in [3.63, 3.8) is 0 Å². The number of hydrogen-bond acceptors (Lipinski definition) is 4. The first-order chi connectivity index (χ1) is 19.5. The van der Waals surface area contributed by atoms with Gasteiger partial charge in [0.15, 0.2) is 0 Å². The molecule has 3 aliphatic carbocycles. The van der Waals surface area contributed by atoms with Crippen LogP contribution < -0.4 is 15.2 Å². The molecule has 0 radical (unpaired) electrons. The van der Waals surface area contributed by atoms with Gasteiger partial charge >= 0.3 is 0 Å². The quantitative estimate of drug-likeness (QED) is 0.230. The highest BCUT2D eigenvalue weighted by molar-refractivity contribution is 5.84. The summed E-state index contributed by atoms with van der Waals surface area (Å²) in [6, 6.07) is 10.5. The first kappa shape index (κ1) is 28.8. The van der Waals surface area contributed by atoms with Crippen molar-refractivity contribution in [3.05, 3.63) is 58.2 Å². The van der Waals surface area contributed by atoms with Crippen LogP contribution in [0, 0.1) is 17.8 Å². The van der Waals surface area contributed by atoms with Crippen LogP contribution in [0.2, 0.25) is 0 Å². The van der Waals surface area contributed by atoms with Crippen LogP contribution >= 0.6 is 0 Å². The van der Waals surface area contributed by atoms with Crippen LogP contribution in [-0.2, 0) is 16.0 Å². The van der Waals surface area contributed by atoms with E-state index in [4.69, 9.17) is 9.72 Å². The number of ketones is 2. The zero-order chi connectivity index (χ0) is 27.9. The van der Waals surface area contributed by atoms with E-state index in [1.165, 1.54) is 27.3 Å². The average molecular weight is 542 g/mol. The number of nitrogens with zero attached hydrogens (tertiary/aromatic N) is 1. The summed E-state index contributed by atoms with van der Waals surface area (Å²) in [6.45, 7) is 4.98. The molecular formula is C36H47NO3. The molecule has 0 bridgehead atoms. The van der Waals surface area contributed by atoms with Gasteiger partial charge in [-0.2, -0.15) is 0 Å². The fraction of sp³-hybridized carbons (Fsp3) is 0.583. The van der Waals surface area contributed by atoms with Gasteiger partial charge in [-0.15, -0.1) is 0 Å². The number of aryl methyl sites for hydroxylation is 1. The van der Waals surface area contributed by atoms with Crippen LogP contribution in [-0.4, -0.2) is 23.2 Å². The molecular weight excluding hydrogens is 494 g/mol. The third kappa shape index (κ3) is 6.93. The maximum Gasteiger partial charge on any atom is 0.139 e. The predicted molar refractivity (Wildman–Crippen MR) is 162 cm³/mol. The van der Waals surface area contributed by atoms with Crippen LogP contribution in [0.1, 0.15) is 114 Å². The third-order valence-electron chi connectivity index (χ3n) is 9.73. The zero-order valence-electron chi connectivity index (χ0n) is 24.6. The molecule has 0 amide bonds. The van der Waals surface area contributed by atoms with Crippen molar-refractivity contribution < 1.29 is 14.3 Å². The average Bonchev–Trinajstić information content (AvgIpc) is 3.20. The summed E-state index contributed by atoms with van der Waals surface area (Å²) in [5.74, 6) is 2.65. The van der Waals surface area contributed by atoms with Crippen molar-refractivity contribution in [2.75, 3.05) is 6.61 Å². The fourth-order valence-electron chi connectivity index (χ4n) is 7.34. The van der Waals surface area contributed by atoms with Gasteiger partial charge in [0, 0.05) is 36.3 Å². The van der Waals surface area contributed by atoms with Crippen molar-refractivity contribution in [2.45, 2.75) is 110 Å². The molecule has 40 heavy (non-hydrogen) atoms. The van der Waals surface area contributed by atoms with Gasteiger partial charge in [0.2, 0.25) is 0 Å². The number of aromatic nitrogens is 1. The molecule has 5 rings (SSSR count). The van der Waals surface area contributed by atoms with Crippen molar-refractivity contribution in [1.82, 2.24) is 4.98 Å². The summed E-state index contributed by atoms with van der Waals surface area (Å²) in [4.78, 5) is 31.3. The second-order valence-corrected chi connectivity index (χ2v) is 12.5. The maximum atomic E-state index is 13.5. The van der Waals surface area contributed by atoms with Gasteiger partial charge in [-0.1, -0.05) is 43.5 Å². The van der Waals surface area contributed by atoms with E-state index in [1.54, 1.807) is 0 Å². The van der Waals surface area contributed by atoms with Crippen molar-refractivity contribution in [3.8, 4) is 5.75 Å². The van der Waals surface area contributed by atoms with Gasteiger partial charge < -0.3 is 4.74 Å². The van der Waals surface area contributed by atoms with Gasteiger partial charge in [-0.3, -0.25) is 14.6 Å². The minimum Gasteiger partial charge on any atom is -0.494 e. The number of carbonyl (C=O) groups is 2. The Morgan fingerprint density at radius 2 is 1.60 bits per heavy atom. The highest BCUT2D eigenvalue weighted by Crippen LogP contribution is 2.38. The molecule has 0 spiro atoms. The minimum absolute atomic E-state index is 0.115. The second kappa shape index (κ2) is 13.7. The molecule has 1 aromatic heterocycles. The molecule has 1 heterocycles. The van der Waals surface area contributed by atoms with Crippen LogP contribution in [0.25, 0.3) is 11.6 Å². The lowest BCUT2D eigenvalue weighted by Crippen LogP contribution is -2.32. The number of pyridine rings is 1. The Bertz CT molecular complexity index is 1290. The smallest absolute Gasteiger partial charge is 0.139 e. The van der Waals surface area contributed by atoms with E-state index in [0.29, 0.717) is 30.5 Å². The van der Waals surface area contributed by atoms with Gasteiger partial charge in [0.1, 0.15) is 17.3 Å². The number of fused-ring (bicyclic) bond motifs is 1. The highest BCUT2D eigenvalue weighted by atomic mass is 16.5. The molecule has 2 atom stereocenters. The first-order valence-electron chi connectivity index (χ1n) is 16.0. The molecule has 1 aromatic carbocycles. The molecule has 0 aliphatic heterocycles. The van der Waals surface area contributed by atoms with Crippen molar-refractivity contribution in [2.24, 2.45) is 17.8 Å². The van der Waals surface area contributed by atoms with Crippen molar-refractivity contribution in [1.29, 1.82) is 0 Å². The molecule has 2 saturated carbocycles. The van der Waals surface area contributed by atoms with Gasteiger partial charge in [-0.05, 0) is 112 Å². The lowest BCUT2D eigenvalue weighted by atomic mass is 9.74. The lowest BCUT2D eigenvalue weighted by Gasteiger charge is -2.29. The highest BCUT2D eigenvalue weighted by Gasteiger charge is 2.34. The molecule has 2 aromatic rings. The number of ether oxygens (including phenoxy) is 1. The number of Topliss-reactive ketones (excluding diaryl/α,β-unsaturated/α-hetero) is 2. The summed E-state index contributed by atoms with van der Waals surface area (Å²) < 4.78 is 5.88. The minimum atomic E-state index is 0.115. The largest absolute Gasteiger partial charge is 0.494 e. The number of benzene rings is 1. The summed E-state index contributed by atoms with van der Waals surface area (Å²) in [6.07, 6.45) is 17.6. The normalized spacial score (nSPS) is 24.6. The molecule has 4 nitrogen and oxygen atoms in total. The SMILES string of the molecule is CCCc1ccc(OCCCC(=O)C2CCCC(C(=O)C3CCC(c4nccc5c4=CCC=5C)CC3)CC2)cc1. The van der Waals surface area contributed by atoms with E-state index in [9.17, 15) is 9.59 Å². The van der Waals surface area contributed by atoms with E-state index in [0.717, 1.165) is 89.2 Å². The summed E-state index contributed by atoms with van der Waals surface area (Å²) in [7, 11) is 0. The predicted octanol–water partition coefficient (Wildman–Crippen LogP) is 6.86. The summed E-state index contributed by atoms with van der Waals surface area (Å²) in [5.41, 5.74) is 4.03. The van der Waals surface area contributed by atoms with Gasteiger partial charge in [0.05, 0.1) is 12.3 Å². The number of rotatable bonds is 11. The van der Waals surface area contributed by atoms with E-state index >= 15 is 0 Å². The molecule has 4 heteroatoms. The summed E-state index contributed by atoms with van der Waals surface area (Å²) >= 11 is 0. The van der Waals surface area contributed by atoms with E-state index in [2.05, 4.69) is 38.1 Å². The van der Waals surface area contributed by atoms with Crippen LogP contribution in [0.3, 0.4) is 0 Å². The molecule has 2 fully saturated rings. The zero-order valence-corrected chi connectivity index (χ0v) is 24.6. The Labute approximate surface area is 240 Å². The second-order valence-electron chi connectivity index (χ2n) is 12.5. The van der Waals surface area contributed by atoms with Crippen LogP contribution in [0.5, 0.6) is 5.75 Å². The summed E-state index contributed by atoms with van der Waals surface area (Å²) in [5, 5.41) is 2.72. The monoisotopic (exact) mass is 541 g/mol. The topological polar surface area (TPSA) is 56.3 Å². The first-order valence-corrected chi connectivity index (χ1v) is 16.0. The van der Waals surface area contributed by atoms with Crippen LogP contribution in [0.15, 0.2) is 36.5 Å². The molecule has 214 valence electrons.